The molecule has 1 fully saturated rings. The molecule has 1 aromatic carbocycles. The molecule has 5 rings (SSSR count). The minimum Gasteiger partial charge on any atom is -0.454 e. The molecule has 1 amide bonds. The zero-order valence-corrected chi connectivity index (χ0v) is 15.4. The first kappa shape index (κ1) is 16.1. The van der Waals surface area contributed by atoms with E-state index < -0.39 is 0 Å². The summed E-state index contributed by atoms with van der Waals surface area (Å²) in [6, 6.07) is 8.63. The lowest BCUT2D eigenvalue weighted by Gasteiger charge is -2.32. The lowest BCUT2D eigenvalue weighted by atomic mass is 9.96. The van der Waals surface area contributed by atoms with Gasteiger partial charge in [-0.3, -0.25) is 4.79 Å². The van der Waals surface area contributed by atoms with Gasteiger partial charge in [0.1, 0.15) is 6.04 Å². The maximum absolute atomic E-state index is 12.6. The molecule has 0 spiro atoms. The van der Waals surface area contributed by atoms with Crippen LogP contribution in [0, 0.1) is 5.92 Å². The summed E-state index contributed by atoms with van der Waals surface area (Å²) in [6.07, 6.45) is 3.71. The average molecular weight is 371 g/mol. The monoisotopic (exact) mass is 371 g/mol. The first-order chi connectivity index (χ1) is 12.8. The molecule has 3 heterocycles. The molecule has 2 aromatic rings. The van der Waals surface area contributed by atoms with Gasteiger partial charge < -0.3 is 19.7 Å². The Morgan fingerprint density at radius 1 is 1.23 bits per heavy atom. The van der Waals surface area contributed by atoms with Crippen molar-refractivity contribution < 1.29 is 19.2 Å². The number of carbonyl (C=O) groups is 1. The van der Waals surface area contributed by atoms with Gasteiger partial charge in [-0.05, 0) is 42.0 Å². The van der Waals surface area contributed by atoms with E-state index in [1.165, 1.54) is 28.2 Å². The van der Waals surface area contributed by atoms with Crippen molar-refractivity contribution in [2.45, 2.75) is 31.8 Å². The number of amides is 1. The summed E-state index contributed by atoms with van der Waals surface area (Å²) >= 11 is 1.88. The van der Waals surface area contributed by atoms with Gasteiger partial charge in [0.05, 0.1) is 6.54 Å². The summed E-state index contributed by atoms with van der Waals surface area (Å²) in [6.45, 7) is 2.42. The van der Waals surface area contributed by atoms with E-state index in [-0.39, 0.29) is 12.7 Å². The Morgan fingerprint density at radius 2 is 2.12 bits per heavy atom. The van der Waals surface area contributed by atoms with Gasteiger partial charge in [-0.2, -0.15) is 0 Å². The molecule has 0 radical (unpaired) electrons. The number of quaternary nitrogens is 1. The van der Waals surface area contributed by atoms with Crippen LogP contribution in [0.5, 0.6) is 11.5 Å². The normalized spacial score (nSPS) is 23.5. The third-order valence-corrected chi connectivity index (χ3v) is 6.63. The number of ether oxygens (including phenoxy) is 2. The molecular formula is C20H23N2O3S+. The van der Waals surface area contributed by atoms with E-state index in [0.717, 1.165) is 35.9 Å². The van der Waals surface area contributed by atoms with Crippen LogP contribution in [0.1, 0.15) is 34.9 Å². The van der Waals surface area contributed by atoms with E-state index >= 15 is 0 Å². The highest BCUT2D eigenvalue weighted by Crippen LogP contribution is 2.42. The van der Waals surface area contributed by atoms with Crippen molar-refractivity contribution in [1.29, 1.82) is 0 Å². The van der Waals surface area contributed by atoms with Gasteiger partial charge in [0.25, 0.3) is 5.91 Å². The maximum atomic E-state index is 12.6. The fraction of sp³-hybridized carbons (Fsp3) is 0.450. The van der Waals surface area contributed by atoms with E-state index in [2.05, 4.69) is 16.8 Å². The molecule has 0 bridgehead atoms. The number of fused-ring (bicyclic) bond motifs is 2. The minimum atomic E-state index is 0.127. The van der Waals surface area contributed by atoms with Crippen LogP contribution in [0.3, 0.4) is 0 Å². The molecule has 0 saturated heterocycles. The Morgan fingerprint density at radius 3 is 3.00 bits per heavy atom. The van der Waals surface area contributed by atoms with Crippen LogP contribution in [-0.2, 0) is 17.8 Å². The summed E-state index contributed by atoms with van der Waals surface area (Å²) in [5, 5.41) is 5.29. The molecule has 5 nitrogen and oxygen atoms in total. The summed E-state index contributed by atoms with van der Waals surface area (Å²) in [7, 11) is 0. The van der Waals surface area contributed by atoms with Gasteiger partial charge in [0.15, 0.2) is 18.0 Å². The van der Waals surface area contributed by atoms with Gasteiger partial charge >= 0.3 is 0 Å². The molecule has 1 aromatic heterocycles. The van der Waals surface area contributed by atoms with Crippen LogP contribution in [0.2, 0.25) is 0 Å². The van der Waals surface area contributed by atoms with Crippen LogP contribution in [0.4, 0.5) is 0 Å². The van der Waals surface area contributed by atoms with E-state index in [0.29, 0.717) is 19.1 Å². The third kappa shape index (κ3) is 3.08. The highest BCUT2D eigenvalue weighted by atomic mass is 32.1. The topological polar surface area (TPSA) is 52.0 Å². The van der Waals surface area contributed by atoms with E-state index in [4.69, 9.17) is 9.47 Å². The summed E-state index contributed by atoms with van der Waals surface area (Å²) in [4.78, 5) is 15.5. The van der Waals surface area contributed by atoms with Crippen LogP contribution in [0.15, 0.2) is 29.6 Å². The first-order valence-electron chi connectivity index (χ1n) is 9.34. The average Bonchev–Trinajstić information content (AvgIpc) is 3.18. The number of thiophene rings is 1. The molecule has 26 heavy (non-hydrogen) atoms. The number of nitrogens with one attached hydrogen (secondary N) is 2. The van der Waals surface area contributed by atoms with Crippen molar-refractivity contribution in [2.24, 2.45) is 5.92 Å². The van der Waals surface area contributed by atoms with Gasteiger partial charge in [0.2, 0.25) is 6.79 Å². The van der Waals surface area contributed by atoms with Crippen LogP contribution in [0.25, 0.3) is 0 Å². The summed E-state index contributed by atoms with van der Waals surface area (Å²) < 4.78 is 10.7. The first-order valence-corrected chi connectivity index (χ1v) is 10.2. The molecule has 1 aliphatic carbocycles. The Labute approximate surface area is 156 Å². The maximum Gasteiger partial charge on any atom is 0.275 e. The van der Waals surface area contributed by atoms with E-state index in [1.807, 2.05) is 29.5 Å². The summed E-state index contributed by atoms with van der Waals surface area (Å²) in [5.74, 6) is 2.43. The SMILES string of the molecule is O=C(C[NH+]1CCc2sccc2[C@H]1C1CC1)NCc1ccc2c(c1)OCO2. The predicted molar refractivity (Wildman–Crippen MR) is 98.6 cm³/mol. The third-order valence-electron chi connectivity index (χ3n) is 5.64. The second-order valence-electron chi connectivity index (χ2n) is 7.41. The lowest BCUT2D eigenvalue weighted by molar-refractivity contribution is -0.928. The predicted octanol–water partition coefficient (Wildman–Crippen LogP) is 1.69. The van der Waals surface area contributed by atoms with Crippen LogP contribution >= 0.6 is 11.3 Å². The molecule has 2 aliphatic heterocycles. The minimum absolute atomic E-state index is 0.127. The van der Waals surface area contributed by atoms with Crippen molar-refractivity contribution in [3.8, 4) is 11.5 Å². The van der Waals surface area contributed by atoms with Crippen LogP contribution < -0.4 is 19.7 Å². The second-order valence-corrected chi connectivity index (χ2v) is 8.41. The van der Waals surface area contributed by atoms with Crippen LogP contribution in [-0.4, -0.2) is 25.8 Å². The number of rotatable bonds is 5. The van der Waals surface area contributed by atoms with E-state index in [9.17, 15) is 4.79 Å². The largest absolute Gasteiger partial charge is 0.454 e. The van der Waals surface area contributed by atoms with Crippen molar-refractivity contribution in [3.63, 3.8) is 0 Å². The fourth-order valence-electron chi connectivity index (χ4n) is 4.22. The van der Waals surface area contributed by atoms with Crippen molar-refractivity contribution in [1.82, 2.24) is 5.32 Å². The molecule has 3 aliphatic rings. The van der Waals surface area contributed by atoms with E-state index in [1.54, 1.807) is 0 Å². The van der Waals surface area contributed by atoms with Gasteiger partial charge in [-0.15, -0.1) is 11.3 Å². The van der Waals surface area contributed by atoms with Gasteiger partial charge in [-0.25, -0.2) is 0 Å². The smallest absolute Gasteiger partial charge is 0.275 e. The zero-order valence-electron chi connectivity index (χ0n) is 14.6. The van der Waals surface area contributed by atoms with Crippen molar-refractivity contribution in [2.75, 3.05) is 19.9 Å². The molecule has 1 saturated carbocycles. The quantitative estimate of drug-likeness (QED) is 0.841. The number of hydrogen-bond donors (Lipinski definition) is 2. The van der Waals surface area contributed by atoms with Crippen molar-refractivity contribution in [3.05, 3.63) is 45.6 Å². The molecule has 2 atom stereocenters. The number of benzene rings is 1. The molecule has 1 unspecified atom stereocenters. The van der Waals surface area contributed by atoms with Gasteiger partial charge in [-0.1, -0.05) is 6.07 Å². The number of carbonyl (C=O) groups excluding carboxylic acids is 1. The Bertz CT molecular complexity index is 830. The number of hydrogen-bond acceptors (Lipinski definition) is 4. The highest BCUT2D eigenvalue weighted by molar-refractivity contribution is 7.10. The molecular weight excluding hydrogens is 348 g/mol. The standard InChI is InChI=1S/C20H22N2O3S/c23-19(21-10-13-1-4-16-17(9-13)25-12-24-16)11-22-7-5-18-15(6-8-26-18)20(22)14-2-3-14/h1,4,6,8-9,14,20H,2-3,5,7,10-12H2,(H,21,23)/p+1/t20-/m1/s1. The van der Waals surface area contributed by atoms with Gasteiger partial charge in [0, 0.05) is 29.3 Å². The second kappa shape index (κ2) is 6.59. The lowest BCUT2D eigenvalue weighted by Crippen LogP contribution is -3.14. The highest BCUT2D eigenvalue weighted by Gasteiger charge is 2.43. The van der Waals surface area contributed by atoms with Crippen molar-refractivity contribution >= 4 is 17.2 Å². The molecule has 6 heteroatoms. The Kier molecular flexibility index (Phi) is 4.10. The zero-order chi connectivity index (χ0) is 17.5. The molecule has 2 N–H and O–H groups in total. The fourth-order valence-corrected chi connectivity index (χ4v) is 5.15. The summed E-state index contributed by atoms with van der Waals surface area (Å²) in [5.41, 5.74) is 2.54. The molecule has 136 valence electrons. The Hall–Kier alpha value is -2.05. The Balaban J connectivity index is 1.21.